The van der Waals surface area contributed by atoms with Crippen LogP contribution in [0.5, 0.6) is 0 Å². The largest absolute Gasteiger partial charge is 0.342 e. The molecule has 0 spiro atoms. The fourth-order valence-electron chi connectivity index (χ4n) is 2.28. The van der Waals surface area contributed by atoms with Crippen LogP contribution in [0.2, 0.25) is 0 Å². The molecule has 5 heteroatoms. The topological polar surface area (TPSA) is 32.3 Å². The van der Waals surface area contributed by atoms with Crippen LogP contribution in [0.3, 0.4) is 0 Å². The van der Waals surface area contributed by atoms with Crippen LogP contribution >= 0.6 is 24.2 Å². The van der Waals surface area contributed by atoms with E-state index in [1.165, 1.54) is 19.3 Å². The van der Waals surface area contributed by atoms with Gasteiger partial charge in [0.1, 0.15) is 0 Å². The minimum absolute atomic E-state index is 0. The second kappa shape index (κ2) is 10.9. The van der Waals surface area contributed by atoms with Crippen LogP contribution in [0.4, 0.5) is 0 Å². The Labute approximate surface area is 122 Å². The molecule has 108 valence electrons. The second-order valence-corrected chi connectivity index (χ2v) is 6.20. The zero-order chi connectivity index (χ0) is 12.5. The van der Waals surface area contributed by atoms with Crippen LogP contribution in [0.25, 0.3) is 0 Å². The summed E-state index contributed by atoms with van der Waals surface area (Å²) in [5.41, 5.74) is 0. The van der Waals surface area contributed by atoms with Crippen molar-refractivity contribution >= 4 is 30.1 Å². The van der Waals surface area contributed by atoms with Gasteiger partial charge in [0.2, 0.25) is 5.91 Å². The molecule has 0 aromatic carbocycles. The fraction of sp³-hybridized carbons (Fsp3) is 0.923. The lowest BCUT2D eigenvalue weighted by atomic mass is 10.2. The van der Waals surface area contributed by atoms with Gasteiger partial charge < -0.3 is 10.2 Å². The average Bonchev–Trinajstić information content (AvgIpc) is 2.55. The summed E-state index contributed by atoms with van der Waals surface area (Å²) in [5, 5.41) is 3.76. The van der Waals surface area contributed by atoms with Gasteiger partial charge in [-0.3, -0.25) is 4.79 Å². The number of carbonyl (C=O) groups is 1. The molecule has 1 fully saturated rings. The van der Waals surface area contributed by atoms with E-state index in [9.17, 15) is 4.79 Å². The van der Waals surface area contributed by atoms with Crippen molar-refractivity contribution in [1.82, 2.24) is 10.2 Å². The predicted octanol–water partition coefficient (Wildman–Crippen LogP) is 2.54. The van der Waals surface area contributed by atoms with Gasteiger partial charge in [-0.05, 0) is 38.6 Å². The molecule has 18 heavy (non-hydrogen) atoms. The highest BCUT2D eigenvalue weighted by atomic mass is 35.5. The molecule has 1 saturated heterocycles. The minimum atomic E-state index is 0. The molecular formula is C13H27ClN2OS. The summed E-state index contributed by atoms with van der Waals surface area (Å²) in [6, 6.07) is 0. The first-order chi connectivity index (χ1) is 8.27. The van der Waals surface area contributed by atoms with Crippen LogP contribution in [0.1, 0.15) is 39.0 Å². The summed E-state index contributed by atoms with van der Waals surface area (Å²) in [4.78, 5) is 14.2. The number of carbonyl (C=O) groups excluding carboxylic acids is 1. The maximum Gasteiger partial charge on any atom is 0.222 e. The number of amides is 1. The monoisotopic (exact) mass is 294 g/mol. The Morgan fingerprint density at radius 1 is 1.44 bits per heavy atom. The zero-order valence-electron chi connectivity index (χ0n) is 11.6. The molecule has 0 bridgehead atoms. The van der Waals surface area contributed by atoms with Gasteiger partial charge in [0, 0.05) is 24.8 Å². The van der Waals surface area contributed by atoms with E-state index in [4.69, 9.17) is 0 Å². The molecule has 0 aromatic rings. The van der Waals surface area contributed by atoms with Crippen molar-refractivity contribution in [1.29, 1.82) is 0 Å². The van der Waals surface area contributed by atoms with Crippen LogP contribution in [-0.4, -0.2) is 48.5 Å². The van der Waals surface area contributed by atoms with Crippen molar-refractivity contribution in [2.75, 3.05) is 32.4 Å². The van der Waals surface area contributed by atoms with E-state index in [1.807, 2.05) is 18.8 Å². The first-order valence-corrected chi connectivity index (χ1v) is 7.86. The summed E-state index contributed by atoms with van der Waals surface area (Å²) in [5.74, 6) is 1.51. The molecule has 1 atom stereocenters. The molecule has 0 aliphatic carbocycles. The maximum absolute atomic E-state index is 12.1. The van der Waals surface area contributed by atoms with Crippen molar-refractivity contribution in [2.24, 2.45) is 0 Å². The lowest BCUT2D eigenvalue weighted by molar-refractivity contribution is -0.131. The van der Waals surface area contributed by atoms with Gasteiger partial charge in [-0.1, -0.05) is 13.3 Å². The number of nitrogens with one attached hydrogen (secondary N) is 1. The molecule has 1 aliphatic heterocycles. The van der Waals surface area contributed by atoms with Crippen molar-refractivity contribution in [2.45, 2.75) is 44.3 Å². The normalized spacial score (nSPS) is 20.1. The number of thioether (sulfide) groups is 1. The first kappa shape index (κ1) is 18.1. The molecule has 0 aromatic heterocycles. The molecule has 1 N–H and O–H groups in total. The molecule has 1 amide bonds. The van der Waals surface area contributed by atoms with Gasteiger partial charge >= 0.3 is 0 Å². The van der Waals surface area contributed by atoms with Gasteiger partial charge in [0.25, 0.3) is 0 Å². The standard InChI is InChI=1S/C13H26N2OS.ClH/c1-3-17-12-7-4-5-10-15(11-12)13(16)8-6-9-14-2;/h12,14H,3-11H2,1-2H3;1H. The number of rotatable bonds is 6. The van der Waals surface area contributed by atoms with Crippen molar-refractivity contribution in [3.63, 3.8) is 0 Å². The Hall–Kier alpha value is 0.0700. The average molecular weight is 295 g/mol. The Kier molecular flexibility index (Phi) is 11.0. The molecule has 1 aliphatic rings. The lowest BCUT2D eigenvalue weighted by Crippen LogP contribution is -2.35. The first-order valence-electron chi connectivity index (χ1n) is 6.82. The highest BCUT2D eigenvalue weighted by molar-refractivity contribution is 7.99. The highest BCUT2D eigenvalue weighted by Gasteiger charge is 2.21. The molecular weight excluding hydrogens is 268 g/mol. The number of hydrogen-bond donors (Lipinski definition) is 1. The number of likely N-dealkylation sites (tertiary alicyclic amines) is 1. The fourth-order valence-corrected chi connectivity index (χ4v) is 3.37. The maximum atomic E-state index is 12.1. The molecule has 0 saturated carbocycles. The van der Waals surface area contributed by atoms with E-state index in [-0.39, 0.29) is 12.4 Å². The Morgan fingerprint density at radius 3 is 2.89 bits per heavy atom. The number of halogens is 1. The molecule has 1 unspecified atom stereocenters. The third-order valence-electron chi connectivity index (χ3n) is 3.20. The summed E-state index contributed by atoms with van der Waals surface area (Å²) in [6.07, 6.45) is 5.39. The molecule has 1 heterocycles. The van der Waals surface area contributed by atoms with E-state index < -0.39 is 0 Å². The van der Waals surface area contributed by atoms with Gasteiger partial charge in [-0.15, -0.1) is 12.4 Å². The summed E-state index contributed by atoms with van der Waals surface area (Å²) < 4.78 is 0. The Balaban J connectivity index is 0.00000289. The molecule has 1 rings (SSSR count). The zero-order valence-corrected chi connectivity index (χ0v) is 13.2. The highest BCUT2D eigenvalue weighted by Crippen LogP contribution is 2.22. The SMILES string of the molecule is CCSC1CCCCN(C(=O)CCCNC)C1.Cl. The van der Waals surface area contributed by atoms with Crippen LogP contribution in [0.15, 0.2) is 0 Å². The van der Waals surface area contributed by atoms with Crippen LogP contribution < -0.4 is 5.32 Å². The second-order valence-electron chi connectivity index (χ2n) is 4.62. The van der Waals surface area contributed by atoms with Gasteiger partial charge in [-0.25, -0.2) is 0 Å². The van der Waals surface area contributed by atoms with E-state index in [1.54, 1.807) is 0 Å². The Morgan fingerprint density at radius 2 is 2.22 bits per heavy atom. The van der Waals surface area contributed by atoms with Crippen LogP contribution in [0, 0.1) is 0 Å². The third kappa shape index (κ3) is 6.86. The van der Waals surface area contributed by atoms with E-state index in [0.717, 1.165) is 31.8 Å². The summed E-state index contributed by atoms with van der Waals surface area (Å²) in [6.45, 7) is 5.08. The number of hydrogen-bond acceptors (Lipinski definition) is 3. The molecule has 0 radical (unpaired) electrons. The summed E-state index contributed by atoms with van der Waals surface area (Å²) >= 11 is 2.01. The van der Waals surface area contributed by atoms with Crippen LogP contribution in [-0.2, 0) is 4.79 Å². The van der Waals surface area contributed by atoms with Gasteiger partial charge in [0.15, 0.2) is 0 Å². The van der Waals surface area contributed by atoms with Gasteiger partial charge in [0.05, 0.1) is 0 Å². The quantitative estimate of drug-likeness (QED) is 0.764. The molecule has 3 nitrogen and oxygen atoms in total. The smallest absolute Gasteiger partial charge is 0.222 e. The van der Waals surface area contributed by atoms with E-state index in [2.05, 4.69) is 17.1 Å². The Bertz CT molecular complexity index is 229. The van der Waals surface area contributed by atoms with Crippen molar-refractivity contribution in [3.8, 4) is 0 Å². The van der Waals surface area contributed by atoms with Crippen molar-refractivity contribution in [3.05, 3.63) is 0 Å². The number of nitrogens with zero attached hydrogens (tertiary/aromatic N) is 1. The van der Waals surface area contributed by atoms with E-state index >= 15 is 0 Å². The van der Waals surface area contributed by atoms with Gasteiger partial charge in [-0.2, -0.15) is 11.8 Å². The van der Waals surface area contributed by atoms with Crippen molar-refractivity contribution < 1.29 is 4.79 Å². The third-order valence-corrected chi connectivity index (χ3v) is 4.39. The van der Waals surface area contributed by atoms with E-state index in [0.29, 0.717) is 17.6 Å². The minimum Gasteiger partial charge on any atom is -0.342 e. The summed E-state index contributed by atoms with van der Waals surface area (Å²) in [7, 11) is 1.93. The predicted molar refractivity (Wildman–Crippen MR) is 82.8 cm³/mol. The lowest BCUT2D eigenvalue weighted by Gasteiger charge is -2.24.